The molecule has 5 N–H and O–H groups in total. The molecule has 1 amide bonds. The number of primary amides is 1. The number of sulfone groups is 1. The van der Waals surface area contributed by atoms with Crippen molar-refractivity contribution < 1.29 is 13.2 Å². The quantitative estimate of drug-likeness (QED) is 0.674. The summed E-state index contributed by atoms with van der Waals surface area (Å²) in [4.78, 5) is 11.3. The Bertz CT molecular complexity index is 587. The Hall–Kier alpha value is -1.47. The second-order valence-electron chi connectivity index (χ2n) is 3.95. The van der Waals surface area contributed by atoms with E-state index in [0.717, 1.165) is 0 Å². The Kier molecular flexibility index (Phi) is 5.02. The number of hydrogen-bond donors (Lipinski definition) is 3. The molecule has 1 aromatic carbocycles. The second kappa shape index (κ2) is 6.12. The molecule has 0 aliphatic carbocycles. The third-order valence-corrected chi connectivity index (χ3v) is 4.54. The van der Waals surface area contributed by atoms with Crippen molar-refractivity contribution in [1.82, 2.24) is 0 Å². The molecule has 0 spiro atoms. The lowest BCUT2D eigenvalue weighted by Gasteiger charge is -2.13. The van der Waals surface area contributed by atoms with Gasteiger partial charge in [-0.3, -0.25) is 4.79 Å². The van der Waals surface area contributed by atoms with E-state index < -0.39 is 15.7 Å². The third kappa shape index (κ3) is 4.29. The number of halogens is 1. The normalized spacial score (nSPS) is 11.3. The minimum Gasteiger partial charge on any atom is -0.399 e. The monoisotopic (exact) mass is 305 g/mol. The van der Waals surface area contributed by atoms with Crippen LogP contribution >= 0.6 is 11.6 Å². The molecule has 0 saturated heterocycles. The first kappa shape index (κ1) is 15.6. The zero-order chi connectivity index (χ0) is 14.6. The van der Waals surface area contributed by atoms with Crippen LogP contribution in [0, 0.1) is 0 Å². The number of nitrogens with one attached hydrogen (secondary N) is 1. The van der Waals surface area contributed by atoms with Crippen molar-refractivity contribution in [1.29, 1.82) is 0 Å². The van der Waals surface area contributed by atoms with E-state index in [0.29, 0.717) is 11.4 Å². The first-order chi connectivity index (χ1) is 8.76. The van der Waals surface area contributed by atoms with Gasteiger partial charge in [0.15, 0.2) is 9.84 Å². The molecule has 6 nitrogen and oxygen atoms in total. The summed E-state index contributed by atoms with van der Waals surface area (Å²) >= 11 is 5.96. The summed E-state index contributed by atoms with van der Waals surface area (Å²) in [5.41, 5.74) is 11.5. The van der Waals surface area contributed by atoms with Gasteiger partial charge in [-0.1, -0.05) is 18.5 Å². The number of rotatable bonds is 6. The van der Waals surface area contributed by atoms with E-state index in [4.69, 9.17) is 23.1 Å². The standard InChI is InChI=1S/C11H16ClN3O3S/c1-2-19(17,18)4-3-15-10-8(11(14)16)5-7(13)6-9(10)12/h5-6,15H,2-4,13H2,1H3,(H2,14,16). The smallest absolute Gasteiger partial charge is 0.250 e. The number of anilines is 2. The van der Waals surface area contributed by atoms with E-state index in [-0.39, 0.29) is 28.6 Å². The van der Waals surface area contributed by atoms with Crippen LogP contribution in [0.25, 0.3) is 0 Å². The van der Waals surface area contributed by atoms with Gasteiger partial charge in [0.25, 0.3) is 5.91 Å². The van der Waals surface area contributed by atoms with Gasteiger partial charge < -0.3 is 16.8 Å². The lowest BCUT2D eigenvalue weighted by molar-refractivity contribution is 0.100. The van der Waals surface area contributed by atoms with Gasteiger partial charge in [0.2, 0.25) is 0 Å². The van der Waals surface area contributed by atoms with Gasteiger partial charge in [-0.05, 0) is 12.1 Å². The maximum absolute atomic E-state index is 11.4. The van der Waals surface area contributed by atoms with E-state index in [1.807, 2.05) is 0 Å². The van der Waals surface area contributed by atoms with Crippen molar-refractivity contribution in [2.24, 2.45) is 5.73 Å². The Balaban J connectivity index is 2.92. The number of benzene rings is 1. The lowest BCUT2D eigenvalue weighted by Crippen LogP contribution is -2.20. The molecule has 0 atom stereocenters. The summed E-state index contributed by atoms with van der Waals surface area (Å²) < 4.78 is 22.7. The minimum absolute atomic E-state index is 0.0532. The summed E-state index contributed by atoms with van der Waals surface area (Å²) in [5.74, 6) is -0.676. The molecular weight excluding hydrogens is 290 g/mol. The molecule has 0 aromatic heterocycles. The SMILES string of the molecule is CCS(=O)(=O)CCNc1c(Cl)cc(N)cc1C(N)=O. The highest BCUT2D eigenvalue weighted by Gasteiger charge is 2.14. The molecule has 19 heavy (non-hydrogen) atoms. The van der Waals surface area contributed by atoms with Crippen LogP contribution in [0.1, 0.15) is 17.3 Å². The Morgan fingerprint density at radius 1 is 1.42 bits per heavy atom. The molecule has 0 aliphatic heterocycles. The predicted molar refractivity (Wildman–Crippen MR) is 77.2 cm³/mol. The van der Waals surface area contributed by atoms with Gasteiger partial charge in [-0.25, -0.2) is 8.42 Å². The summed E-state index contributed by atoms with van der Waals surface area (Å²) in [5, 5.41) is 3.04. The van der Waals surface area contributed by atoms with Crippen molar-refractivity contribution in [3.63, 3.8) is 0 Å². The lowest BCUT2D eigenvalue weighted by atomic mass is 10.1. The van der Waals surface area contributed by atoms with Crippen LogP contribution in [0.4, 0.5) is 11.4 Å². The molecule has 0 heterocycles. The maximum Gasteiger partial charge on any atom is 0.250 e. The topological polar surface area (TPSA) is 115 Å². The maximum atomic E-state index is 11.4. The highest BCUT2D eigenvalue weighted by molar-refractivity contribution is 7.91. The van der Waals surface area contributed by atoms with Crippen LogP contribution in [0.15, 0.2) is 12.1 Å². The number of amides is 1. The summed E-state index contributed by atoms with van der Waals surface area (Å²) in [6.45, 7) is 1.71. The van der Waals surface area contributed by atoms with Crippen LogP contribution in [0.5, 0.6) is 0 Å². The van der Waals surface area contributed by atoms with Crippen molar-refractivity contribution in [3.05, 3.63) is 22.7 Å². The van der Waals surface area contributed by atoms with Crippen molar-refractivity contribution in [3.8, 4) is 0 Å². The molecule has 0 bridgehead atoms. The first-order valence-electron chi connectivity index (χ1n) is 5.60. The fraction of sp³-hybridized carbons (Fsp3) is 0.364. The third-order valence-electron chi connectivity index (χ3n) is 2.53. The van der Waals surface area contributed by atoms with Crippen LogP contribution in [-0.2, 0) is 9.84 Å². The minimum atomic E-state index is -3.09. The van der Waals surface area contributed by atoms with Gasteiger partial charge in [-0.15, -0.1) is 0 Å². The van der Waals surface area contributed by atoms with Crippen molar-refractivity contribution in [2.75, 3.05) is 29.1 Å². The number of carbonyl (C=O) groups excluding carboxylic acids is 1. The Labute approximate surface area is 117 Å². The summed E-state index contributed by atoms with van der Waals surface area (Å²) in [6, 6.07) is 2.86. The van der Waals surface area contributed by atoms with Crippen LogP contribution in [-0.4, -0.2) is 32.4 Å². The largest absolute Gasteiger partial charge is 0.399 e. The van der Waals surface area contributed by atoms with Crippen LogP contribution < -0.4 is 16.8 Å². The Morgan fingerprint density at radius 3 is 2.58 bits per heavy atom. The number of carbonyl (C=O) groups is 1. The second-order valence-corrected chi connectivity index (χ2v) is 6.83. The highest BCUT2D eigenvalue weighted by atomic mass is 35.5. The molecule has 106 valence electrons. The van der Waals surface area contributed by atoms with Crippen LogP contribution in [0.2, 0.25) is 5.02 Å². The van der Waals surface area contributed by atoms with Gasteiger partial charge in [0.05, 0.1) is 22.0 Å². The summed E-state index contributed by atoms with van der Waals surface area (Å²) in [6.07, 6.45) is 0. The Morgan fingerprint density at radius 2 is 2.05 bits per heavy atom. The van der Waals surface area contributed by atoms with E-state index >= 15 is 0 Å². The molecule has 0 unspecified atom stereocenters. The number of hydrogen-bond acceptors (Lipinski definition) is 5. The van der Waals surface area contributed by atoms with E-state index in [2.05, 4.69) is 5.32 Å². The fourth-order valence-corrected chi connectivity index (χ4v) is 2.47. The van der Waals surface area contributed by atoms with Gasteiger partial charge in [0.1, 0.15) is 0 Å². The fourth-order valence-electron chi connectivity index (χ4n) is 1.48. The zero-order valence-electron chi connectivity index (χ0n) is 10.4. The first-order valence-corrected chi connectivity index (χ1v) is 7.80. The molecule has 0 aliphatic rings. The van der Waals surface area contributed by atoms with E-state index in [1.54, 1.807) is 6.92 Å². The van der Waals surface area contributed by atoms with Crippen molar-refractivity contribution >= 4 is 38.7 Å². The molecule has 1 rings (SSSR count). The zero-order valence-corrected chi connectivity index (χ0v) is 12.0. The number of nitrogen functional groups attached to an aromatic ring is 1. The molecule has 1 aromatic rings. The number of nitrogens with two attached hydrogens (primary N) is 2. The molecule has 0 fully saturated rings. The molecule has 0 radical (unpaired) electrons. The average Bonchev–Trinajstić information content (AvgIpc) is 2.31. The molecule has 8 heteroatoms. The van der Waals surface area contributed by atoms with Crippen LogP contribution in [0.3, 0.4) is 0 Å². The predicted octanol–water partition coefficient (Wildman–Crippen LogP) is 0.868. The van der Waals surface area contributed by atoms with E-state index in [9.17, 15) is 13.2 Å². The average molecular weight is 306 g/mol. The summed E-state index contributed by atoms with van der Waals surface area (Å²) in [7, 11) is -3.09. The van der Waals surface area contributed by atoms with Gasteiger partial charge in [-0.2, -0.15) is 0 Å². The highest BCUT2D eigenvalue weighted by Crippen LogP contribution is 2.28. The van der Waals surface area contributed by atoms with Crippen molar-refractivity contribution in [2.45, 2.75) is 6.92 Å². The van der Waals surface area contributed by atoms with Gasteiger partial charge in [0, 0.05) is 18.0 Å². The van der Waals surface area contributed by atoms with E-state index in [1.165, 1.54) is 12.1 Å². The molecule has 0 saturated carbocycles. The molecular formula is C11H16ClN3O3S. The van der Waals surface area contributed by atoms with Gasteiger partial charge >= 0.3 is 0 Å².